The second-order valence-corrected chi connectivity index (χ2v) is 6.91. The van der Waals surface area contributed by atoms with Crippen LogP contribution in [-0.4, -0.2) is 40.0 Å². The number of thiazole rings is 1. The topological polar surface area (TPSA) is 70.5 Å². The maximum absolute atomic E-state index is 13.0. The van der Waals surface area contributed by atoms with Crippen molar-refractivity contribution in [3.63, 3.8) is 0 Å². The number of aliphatic carboxylic acids is 1. The number of hydrogen-bond acceptors (Lipinski definition) is 4. The second-order valence-electron chi connectivity index (χ2n) is 5.91. The van der Waals surface area contributed by atoms with Gasteiger partial charge in [-0.25, -0.2) is 9.37 Å². The number of aromatic nitrogens is 1. The lowest BCUT2D eigenvalue weighted by atomic mass is 10.2. The van der Waals surface area contributed by atoms with Gasteiger partial charge in [-0.1, -0.05) is 13.8 Å². The maximum Gasteiger partial charge on any atom is 0.323 e. The molecule has 1 N–H and O–H groups in total. The summed E-state index contributed by atoms with van der Waals surface area (Å²) in [6.07, 6.45) is 0. The fourth-order valence-electron chi connectivity index (χ4n) is 2.28. The van der Waals surface area contributed by atoms with Gasteiger partial charge in [0.1, 0.15) is 22.2 Å². The Morgan fingerprint density at radius 1 is 1.29 bits per heavy atom. The number of carbonyl (C=O) groups is 2. The number of benzene rings is 1. The van der Waals surface area contributed by atoms with Crippen molar-refractivity contribution in [1.29, 1.82) is 0 Å². The van der Waals surface area contributed by atoms with Crippen LogP contribution in [0.1, 0.15) is 29.2 Å². The Morgan fingerprint density at radius 3 is 2.46 bits per heavy atom. The summed E-state index contributed by atoms with van der Waals surface area (Å²) in [5, 5.41) is 9.64. The van der Waals surface area contributed by atoms with Gasteiger partial charge in [0.15, 0.2) is 0 Å². The average molecular weight is 350 g/mol. The minimum absolute atomic E-state index is 0.151. The van der Waals surface area contributed by atoms with Gasteiger partial charge in [-0.05, 0) is 37.1 Å². The van der Waals surface area contributed by atoms with E-state index in [1.807, 2.05) is 13.8 Å². The molecule has 128 valence electrons. The van der Waals surface area contributed by atoms with E-state index in [1.54, 1.807) is 19.1 Å². The molecule has 0 saturated heterocycles. The highest BCUT2D eigenvalue weighted by Crippen LogP contribution is 2.29. The highest BCUT2D eigenvalue weighted by molar-refractivity contribution is 7.17. The molecule has 2 rings (SSSR count). The number of aryl methyl sites for hydroxylation is 1. The van der Waals surface area contributed by atoms with Crippen LogP contribution < -0.4 is 0 Å². The molecule has 0 aliphatic carbocycles. The molecule has 0 atom stereocenters. The smallest absolute Gasteiger partial charge is 0.323 e. The molecule has 1 amide bonds. The molecule has 0 bridgehead atoms. The molecule has 2 aromatic rings. The van der Waals surface area contributed by atoms with E-state index in [4.69, 9.17) is 5.11 Å². The van der Waals surface area contributed by atoms with Crippen molar-refractivity contribution in [2.24, 2.45) is 5.92 Å². The van der Waals surface area contributed by atoms with Crippen LogP contribution in [0.2, 0.25) is 0 Å². The molecule has 0 aliphatic heterocycles. The van der Waals surface area contributed by atoms with E-state index < -0.39 is 5.97 Å². The molecule has 5 nitrogen and oxygen atoms in total. The zero-order valence-corrected chi connectivity index (χ0v) is 14.6. The monoisotopic (exact) mass is 350 g/mol. The van der Waals surface area contributed by atoms with Crippen LogP contribution in [0, 0.1) is 18.7 Å². The van der Waals surface area contributed by atoms with Crippen LogP contribution >= 0.6 is 11.3 Å². The van der Waals surface area contributed by atoms with Crippen LogP contribution in [0.3, 0.4) is 0 Å². The zero-order valence-electron chi connectivity index (χ0n) is 13.7. The maximum atomic E-state index is 13.0. The summed E-state index contributed by atoms with van der Waals surface area (Å²) in [5.74, 6) is -1.58. The first-order chi connectivity index (χ1) is 11.3. The number of nitrogens with zero attached hydrogens (tertiary/aromatic N) is 2. The van der Waals surface area contributed by atoms with Gasteiger partial charge in [-0.2, -0.15) is 0 Å². The van der Waals surface area contributed by atoms with Crippen molar-refractivity contribution < 1.29 is 19.1 Å². The van der Waals surface area contributed by atoms with Gasteiger partial charge in [-0.3, -0.25) is 9.59 Å². The van der Waals surface area contributed by atoms with Gasteiger partial charge >= 0.3 is 5.97 Å². The molecule has 0 spiro atoms. The van der Waals surface area contributed by atoms with E-state index in [9.17, 15) is 14.0 Å². The summed E-state index contributed by atoms with van der Waals surface area (Å²) in [4.78, 5) is 29.8. The summed E-state index contributed by atoms with van der Waals surface area (Å²) >= 11 is 1.19. The summed E-state index contributed by atoms with van der Waals surface area (Å²) < 4.78 is 13.0. The number of rotatable bonds is 6. The molecule has 0 unspecified atom stereocenters. The predicted octanol–water partition coefficient (Wildman–Crippen LogP) is 3.44. The molecule has 0 saturated carbocycles. The van der Waals surface area contributed by atoms with E-state index in [-0.39, 0.29) is 24.2 Å². The molecule has 1 aromatic carbocycles. The van der Waals surface area contributed by atoms with Gasteiger partial charge in [0.25, 0.3) is 5.91 Å². The Labute approximate surface area is 143 Å². The Kier molecular flexibility index (Phi) is 5.66. The zero-order chi connectivity index (χ0) is 17.9. The third-order valence-corrected chi connectivity index (χ3v) is 4.48. The number of carbonyl (C=O) groups excluding carboxylic acids is 1. The Balaban J connectivity index is 2.31. The molecular formula is C17H19FN2O3S. The molecule has 0 aliphatic rings. The van der Waals surface area contributed by atoms with Crippen molar-refractivity contribution in [3.8, 4) is 10.6 Å². The van der Waals surface area contributed by atoms with Crippen molar-refractivity contribution in [1.82, 2.24) is 9.88 Å². The minimum atomic E-state index is -1.05. The molecular weight excluding hydrogens is 331 g/mol. The normalized spacial score (nSPS) is 10.9. The lowest BCUT2D eigenvalue weighted by Crippen LogP contribution is -2.38. The first-order valence-electron chi connectivity index (χ1n) is 7.52. The summed E-state index contributed by atoms with van der Waals surface area (Å²) in [6.45, 7) is 5.57. The van der Waals surface area contributed by atoms with Crippen LogP contribution in [-0.2, 0) is 4.79 Å². The molecule has 7 heteroatoms. The first-order valence-corrected chi connectivity index (χ1v) is 8.34. The molecule has 1 aromatic heterocycles. The fourth-order valence-corrected chi connectivity index (χ4v) is 3.32. The Morgan fingerprint density at radius 2 is 1.92 bits per heavy atom. The molecule has 0 fully saturated rings. The largest absolute Gasteiger partial charge is 0.480 e. The van der Waals surface area contributed by atoms with Crippen LogP contribution in [0.15, 0.2) is 24.3 Å². The standard InChI is InChI=1S/C17H19FN2O3S/c1-10(2)8-20(9-14(21)22)17(23)15-11(3)19-16(24-15)12-4-6-13(18)7-5-12/h4-7,10H,8-9H2,1-3H3,(H,21,22). The third-order valence-electron chi connectivity index (χ3n) is 3.28. The summed E-state index contributed by atoms with van der Waals surface area (Å²) in [6, 6.07) is 5.88. The van der Waals surface area contributed by atoms with E-state index in [0.717, 1.165) is 5.56 Å². The minimum Gasteiger partial charge on any atom is -0.480 e. The van der Waals surface area contributed by atoms with Crippen LogP contribution in [0.4, 0.5) is 4.39 Å². The van der Waals surface area contributed by atoms with Crippen LogP contribution in [0.5, 0.6) is 0 Å². The predicted molar refractivity (Wildman–Crippen MR) is 90.6 cm³/mol. The second kappa shape index (κ2) is 7.53. The van der Waals surface area contributed by atoms with Crippen LogP contribution in [0.25, 0.3) is 10.6 Å². The Bertz CT molecular complexity index is 741. The lowest BCUT2D eigenvalue weighted by Gasteiger charge is -2.22. The highest BCUT2D eigenvalue weighted by Gasteiger charge is 2.24. The average Bonchev–Trinajstić information content (AvgIpc) is 2.87. The fraction of sp³-hybridized carbons (Fsp3) is 0.353. The number of hydrogen-bond donors (Lipinski definition) is 1. The summed E-state index contributed by atoms with van der Waals surface area (Å²) in [7, 11) is 0. The van der Waals surface area contributed by atoms with Gasteiger partial charge in [0.05, 0.1) is 5.69 Å². The van der Waals surface area contributed by atoms with E-state index in [2.05, 4.69) is 4.98 Å². The molecule has 1 heterocycles. The van der Waals surface area contributed by atoms with Crippen molar-refractivity contribution in [3.05, 3.63) is 40.7 Å². The van der Waals surface area contributed by atoms with Crippen molar-refractivity contribution in [2.75, 3.05) is 13.1 Å². The van der Waals surface area contributed by atoms with Gasteiger partial charge < -0.3 is 10.0 Å². The third kappa shape index (κ3) is 4.38. The van der Waals surface area contributed by atoms with E-state index in [0.29, 0.717) is 22.1 Å². The number of carboxylic acid groups (broad SMARTS) is 1. The van der Waals surface area contributed by atoms with Crippen molar-refractivity contribution in [2.45, 2.75) is 20.8 Å². The van der Waals surface area contributed by atoms with Gasteiger partial charge in [-0.15, -0.1) is 11.3 Å². The quantitative estimate of drug-likeness (QED) is 0.866. The lowest BCUT2D eigenvalue weighted by molar-refractivity contribution is -0.137. The van der Waals surface area contributed by atoms with Crippen molar-refractivity contribution >= 4 is 23.2 Å². The number of amides is 1. The first kappa shape index (κ1) is 18.1. The van der Waals surface area contributed by atoms with E-state index in [1.165, 1.54) is 28.4 Å². The number of carboxylic acids is 1. The van der Waals surface area contributed by atoms with E-state index >= 15 is 0 Å². The van der Waals surface area contributed by atoms with Gasteiger partial charge in [0, 0.05) is 12.1 Å². The SMILES string of the molecule is Cc1nc(-c2ccc(F)cc2)sc1C(=O)N(CC(=O)O)CC(C)C. The summed E-state index contributed by atoms with van der Waals surface area (Å²) in [5.41, 5.74) is 1.26. The van der Waals surface area contributed by atoms with Gasteiger partial charge in [0.2, 0.25) is 0 Å². The molecule has 0 radical (unpaired) electrons. The highest BCUT2D eigenvalue weighted by atomic mass is 32.1. The molecule has 24 heavy (non-hydrogen) atoms. The number of halogens is 1. The Hall–Kier alpha value is -2.28.